The first-order valence-corrected chi connectivity index (χ1v) is 23.0. The lowest BCUT2D eigenvalue weighted by Crippen LogP contribution is -2.60. The standard InChI is InChI=1S/C44H74O12S/c1-3-5-7-9-11-13-15-17-18-19-20-21-23-24-26-28-30-32-39(45)53-34-37(35-54-44-43(49)42(48)41(47)38(56-44)36-57(50,51)52)55-40(46)33-31-29-27-25-22-16-14-12-10-8-6-4-2/h7,9,12-15,18-19,21,23,37-38,41-44,47-49H,3-6,8,10-11,16-17,20,22,24-36H2,1-2H3,(H,50,51,52)/b9-7+,14-12+,15-13+,19-18+,23-21+/t37-,38-,41-,42?,43?,44+/m1/s1. The van der Waals surface area contributed by atoms with Gasteiger partial charge in [-0.3, -0.25) is 14.1 Å². The highest BCUT2D eigenvalue weighted by molar-refractivity contribution is 7.85. The molecule has 2 unspecified atom stereocenters. The molecular formula is C44H74O12S. The summed E-state index contributed by atoms with van der Waals surface area (Å²) < 4.78 is 53.9. The van der Waals surface area contributed by atoms with E-state index in [-0.39, 0.29) is 19.4 Å². The molecule has 1 heterocycles. The maximum Gasteiger partial charge on any atom is 0.306 e. The van der Waals surface area contributed by atoms with Crippen molar-refractivity contribution >= 4 is 22.1 Å². The van der Waals surface area contributed by atoms with Gasteiger partial charge in [0.25, 0.3) is 10.1 Å². The number of aliphatic hydroxyl groups excluding tert-OH is 3. The lowest BCUT2D eigenvalue weighted by molar-refractivity contribution is -0.297. The highest BCUT2D eigenvalue weighted by Crippen LogP contribution is 2.24. The fourth-order valence-corrected chi connectivity index (χ4v) is 6.65. The maximum atomic E-state index is 12.8. The molecule has 0 bridgehead atoms. The van der Waals surface area contributed by atoms with Crippen molar-refractivity contribution in [2.75, 3.05) is 19.0 Å². The Morgan fingerprint density at radius 3 is 1.67 bits per heavy atom. The summed E-state index contributed by atoms with van der Waals surface area (Å²) in [5, 5.41) is 30.8. The number of aliphatic hydroxyl groups is 3. The molecule has 13 heteroatoms. The number of hydrogen-bond acceptors (Lipinski definition) is 11. The zero-order chi connectivity index (χ0) is 42.0. The Labute approximate surface area is 343 Å². The van der Waals surface area contributed by atoms with Crippen LogP contribution in [0.4, 0.5) is 0 Å². The van der Waals surface area contributed by atoms with Gasteiger partial charge in [0.05, 0.1) is 6.61 Å². The second-order valence-electron chi connectivity index (χ2n) is 14.6. The van der Waals surface area contributed by atoms with Crippen LogP contribution in [-0.2, 0) is 38.7 Å². The predicted octanol–water partition coefficient (Wildman–Crippen LogP) is 8.17. The molecule has 0 saturated carbocycles. The van der Waals surface area contributed by atoms with Crippen LogP contribution in [0.1, 0.15) is 149 Å². The van der Waals surface area contributed by atoms with Gasteiger partial charge in [-0.1, -0.05) is 120 Å². The molecule has 6 atom stereocenters. The molecule has 57 heavy (non-hydrogen) atoms. The molecule has 1 rings (SSSR count). The van der Waals surface area contributed by atoms with E-state index < -0.39 is 71.2 Å². The quantitative estimate of drug-likeness (QED) is 0.0211. The van der Waals surface area contributed by atoms with Gasteiger partial charge < -0.3 is 34.3 Å². The minimum Gasteiger partial charge on any atom is -0.462 e. The molecule has 0 aromatic heterocycles. The van der Waals surface area contributed by atoms with E-state index in [9.17, 15) is 37.9 Å². The number of allylic oxidation sites excluding steroid dienone is 10. The second-order valence-corrected chi connectivity index (χ2v) is 16.1. The summed E-state index contributed by atoms with van der Waals surface area (Å²) in [7, 11) is -4.61. The Morgan fingerprint density at radius 2 is 1.09 bits per heavy atom. The Hall–Kier alpha value is -2.65. The summed E-state index contributed by atoms with van der Waals surface area (Å²) in [6.45, 7) is 3.61. The molecule has 328 valence electrons. The minimum absolute atomic E-state index is 0.144. The number of rotatable bonds is 34. The van der Waals surface area contributed by atoms with Crippen molar-refractivity contribution in [1.82, 2.24) is 0 Å². The molecular weight excluding hydrogens is 753 g/mol. The molecule has 1 saturated heterocycles. The van der Waals surface area contributed by atoms with Gasteiger partial charge in [0.15, 0.2) is 12.4 Å². The van der Waals surface area contributed by atoms with Crippen molar-refractivity contribution < 1.29 is 56.8 Å². The van der Waals surface area contributed by atoms with Crippen molar-refractivity contribution in [3.8, 4) is 0 Å². The number of carbonyl (C=O) groups excluding carboxylic acids is 2. The number of carbonyl (C=O) groups is 2. The van der Waals surface area contributed by atoms with Crippen LogP contribution in [0.2, 0.25) is 0 Å². The predicted molar refractivity (Wildman–Crippen MR) is 224 cm³/mol. The summed E-state index contributed by atoms with van der Waals surface area (Å²) >= 11 is 0. The lowest BCUT2D eigenvalue weighted by atomic mass is 10.00. The van der Waals surface area contributed by atoms with Gasteiger partial charge in [-0.2, -0.15) is 8.42 Å². The van der Waals surface area contributed by atoms with Gasteiger partial charge >= 0.3 is 11.9 Å². The molecule has 1 aliphatic rings. The maximum absolute atomic E-state index is 12.8. The molecule has 0 amide bonds. The third kappa shape index (κ3) is 29.2. The third-order valence-corrected chi connectivity index (χ3v) is 10.1. The number of esters is 2. The van der Waals surface area contributed by atoms with Gasteiger partial charge in [0, 0.05) is 12.8 Å². The van der Waals surface area contributed by atoms with Gasteiger partial charge in [-0.25, -0.2) is 0 Å². The van der Waals surface area contributed by atoms with Crippen molar-refractivity contribution in [3.05, 3.63) is 60.8 Å². The Morgan fingerprint density at radius 1 is 0.596 bits per heavy atom. The normalized spacial score (nSPS) is 21.1. The van der Waals surface area contributed by atoms with Crippen molar-refractivity contribution in [3.63, 3.8) is 0 Å². The number of hydrogen-bond donors (Lipinski definition) is 4. The summed E-state index contributed by atoms with van der Waals surface area (Å²) in [4.78, 5) is 25.3. The molecule has 1 aliphatic heterocycles. The van der Waals surface area contributed by atoms with Crippen molar-refractivity contribution in [2.24, 2.45) is 0 Å². The Balaban J connectivity index is 2.50. The van der Waals surface area contributed by atoms with E-state index >= 15 is 0 Å². The second kappa shape index (κ2) is 34.2. The highest BCUT2D eigenvalue weighted by atomic mass is 32.2. The van der Waals surface area contributed by atoms with Crippen LogP contribution < -0.4 is 0 Å². The average molecular weight is 827 g/mol. The van der Waals surface area contributed by atoms with E-state index in [1.165, 1.54) is 25.7 Å². The molecule has 0 aromatic rings. The molecule has 0 aliphatic carbocycles. The first-order valence-electron chi connectivity index (χ1n) is 21.3. The summed E-state index contributed by atoms with van der Waals surface area (Å²) in [5.74, 6) is -2.04. The van der Waals surface area contributed by atoms with E-state index in [1.54, 1.807) is 0 Å². The largest absolute Gasteiger partial charge is 0.462 e. The summed E-state index contributed by atoms with van der Waals surface area (Å²) in [5.41, 5.74) is 0. The van der Waals surface area contributed by atoms with E-state index in [0.29, 0.717) is 12.8 Å². The fraction of sp³-hybridized carbons (Fsp3) is 0.727. The Kier molecular flexibility index (Phi) is 31.5. The summed E-state index contributed by atoms with van der Waals surface area (Å²) in [6, 6.07) is 0. The van der Waals surface area contributed by atoms with Crippen LogP contribution in [0.25, 0.3) is 0 Å². The monoisotopic (exact) mass is 826 g/mol. The van der Waals surface area contributed by atoms with Gasteiger partial charge in [-0.15, -0.1) is 0 Å². The van der Waals surface area contributed by atoms with E-state index in [2.05, 4.69) is 74.6 Å². The average Bonchev–Trinajstić information content (AvgIpc) is 3.17. The van der Waals surface area contributed by atoms with E-state index in [1.807, 2.05) is 0 Å². The van der Waals surface area contributed by atoms with Gasteiger partial charge in [-0.05, 0) is 77.0 Å². The smallest absolute Gasteiger partial charge is 0.306 e. The molecule has 0 radical (unpaired) electrons. The first-order chi connectivity index (χ1) is 27.5. The molecule has 0 aromatic carbocycles. The van der Waals surface area contributed by atoms with E-state index in [4.69, 9.17) is 18.9 Å². The summed E-state index contributed by atoms with van der Waals surface area (Å²) in [6.07, 6.45) is 31.3. The zero-order valence-electron chi connectivity index (χ0n) is 34.7. The van der Waals surface area contributed by atoms with Crippen LogP contribution in [-0.4, -0.2) is 96.0 Å². The van der Waals surface area contributed by atoms with Crippen LogP contribution in [0.15, 0.2) is 60.8 Å². The topological polar surface area (TPSA) is 186 Å². The fourth-order valence-electron chi connectivity index (χ4n) is 5.95. The minimum atomic E-state index is -4.61. The van der Waals surface area contributed by atoms with Crippen LogP contribution in [0, 0.1) is 0 Å². The lowest BCUT2D eigenvalue weighted by Gasteiger charge is -2.40. The highest BCUT2D eigenvalue weighted by Gasteiger charge is 2.46. The van der Waals surface area contributed by atoms with E-state index in [0.717, 1.165) is 83.5 Å². The van der Waals surface area contributed by atoms with Crippen molar-refractivity contribution in [2.45, 2.75) is 185 Å². The Bertz CT molecular complexity index is 1290. The molecule has 12 nitrogen and oxygen atoms in total. The van der Waals surface area contributed by atoms with Crippen LogP contribution in [0.5, 0.6) is 0 Å². The third-order valence-electron chi connectivity index (χ3n) is 9.30. The molecule has 1 fully saturated rings. The number of ether oxygens (including phenoxy) is 4. The van der Waals surface area contributed by atoms with Crippen LogP contribution >= 0.6 is 0 Å². The number of unbranched alkanes of at least 4 members (excludes halogenated alkanes) is 12. The van der Waals surface area contributed by atoms with Crippen molar-refractivity contribution in [1.29, 1.82) is 0 Å². The zero-order valence-corrected chi connectivity index (χ0v) is 35.5. The van der Waals surface area contributed by atoms with Gasteiger partial charge in [0.2, 0.25) is 0 Å². The SMILES string of the molecule is CCC/C=C/C/C=C/C/C=C/C/C=C/CCCCCC(=O)OC[C@H](CO[C@H]1O[C@H](CS(=O)(=O)O)[C@@H](O)C(O)C1O)OC(=O)CCCCCCC/C=C/CCCCC. The molecule has 4 N–H and O–H groups in total. The first kappa shape index (κ1) is 52.4. The molecule has 0 spiro atoms. The van der Waals surface area contributed by atoms with Crippen LogP contribution in [0.3, 0.4) is 0 Å². The van der Waals surface area contributed by atoms with Gasteiger partial charge in [0.1, 0.15) is 36.8 Å².